The maximum absolute atomic E-state index is 13.3. The zero-order valence-electron chi connectivity index (χ0n) is 21.9. The number of halogens is 1. The van der Waals surface area contributed by atoms with Gasteiger partial charge in [-0.05, 0) is 52.7 Å². The van der Waals surface area contributed by atoms with Crippen molar-refractivity contribution in [1.82, 2.24) is 15.2 Å². The van der Waals surface area contributed by atoms with Crippen molar-refractivity contribution in [3.8, 4) is 0 Å². The van der Waals surface area contributed by atoms with E-state index in [9.17, 15) is 23.7 Å². The number of ether oxygens (including phenoxy) is 1. The van der Waals surface area contributed by atoms with Crippen LogP contribution in [0.1, 0.15) is 45.3 Å². The molecule has 1 saturated heterocycles. The van der Waals surface area contributed by atoms with Gasteiger partial charge >= 0.3 is 20.0 Å². The number of thiazole rings is 1. The van der Waals surface area contributed by atoms with Gasteiger partial charge in [0.2, 0.25) is 11.0 Å². The highest BCUT2D eigenvalue weighted by atomic mass is 35.5. The number of rotatable bonds is 8. The smallest absolute Gasteiger partial charge is 0.353 e. The molecule has 0 bridgehead atoms. The van der Waals surface area contributed by atoms with E-state index in [0.29, 0.717) is 10.6 Å². The molecule has 1 unspecified atom stereocenters. The molecule has 1 fully saturated rings. The van der Waals surface area contributed by atoms with E-state index >= 15 is 0 Å². The lowest BCUT2D eigenvalue weighted by molar-refractivity contribution is -0.179. The van der Waals surface area contributed by atoms with E-state index in [4.69, 9.17) is 25.8 Å². The van der Waals surface area contributed by atoms with Crippen molar-refractivity contribution in [2.24, 2.45) is 5.16 Å². The van der Waals surface area contributed by atoms with Gasteiger partial charge in [0.1, 0.15) is 22.7 Å². The van der Waals surface area contributed by atoms with Gasteiger partial charge in [-0.3, -0.25) is 14.5 Å². The van der Waals surface area contributed by atoms with Gasteiger partial charge in [-0.25, -0.2) is 14.6 Å². The van der Waals surface area contributed by atoms with Crippen LogP contribution in [-0.2, 0) is 44.6 Å². The maximum Gasteiger partial charge on any atom is 0.353 e. The normalized spacial score (nSPS) is 21.9. The molecule has 1 aromatic rings. The Balaban J connectivity index is 1.86. The minimum Gasteiger partial charge on any atom is -0.614 e. The molecular weight excluding hydrogens is 559 g/mol. The number of aromatic nitrogens is 1. The number of carbonyl (C=O) groups is 4. The van der Waals surface area contributed by atoms with Crippen LogP contribution >= 0.6 is 22.9 Å². The summed E-state index contributed by atoms with van der Waals surface area (Å²) in [4.78, 5) is 62.0. The molecule has 3 rings (SSSR count). The second-order valence-corrected chi connectivity index (χ2v) is 12.8. The average Bonchev–Trinajstić information content (AvgIpc) is 3.25. The van der Waals surface area contributed by atoms with E-state index in [-0.39, 0.29) is 28.7 Å². The lowest BCUT2D eigenvalue weighted by Gasteiger charge is -2.49. The second-order valence-electron chi connectivity index (χ2n) is 9.95. The van der Waals surface area contributed by atoms with Gasteiger partial charge in [0.25, 0.3) is 11.8 Å². The molecule has 0 aromatic carbocycles. The van der Waals surface area contributed by atoms with Crippen molar-refractivity contribution < 1.29 is 38.0 Å². The van der Waals surface area contributed by atoms with Crippen LogP contribution in [0.25, 0.3) is 0 Å². The molecule has 12 nitrogen and oxygen atoms in total. The van der Waals surface area contributed by atoms with Crippen LogP contribution < -0.4 is 5.32 Å². The molecule has 3 heterocycles. The molecule has 1 N–H and O–H groups in total. The number of oxime groups is 1. The summed E-state index contributed by atoms with van der Waals surface area (Å²) in [7, 11) is 1.16. The predicted octanol–water partition coefficient (Wildman–Crippen LogP) is 0.292. The van der Waals surface area contributed by atoms with Crippen LogP contribution in [0, 0.1) is 6.92 Å². The maximum atomic E-state index is 13.3. The number of alkyl halides is 1. The Kier molecular flexibility index (Phi) is 8.86. The van der Waals surface area contributed by atoms with E-state index in [1.165, 1.54) is 25.2 Å². The first-order chi connectivity index (χ1) is 17.6. The van der Waals surface area contributed by atoms with Crippen LogP contribution in [0.4, 0.5) is 0 Å². The summed E-state index contributed by atoms with van der Waals surface area (Å²) in [5, 5.41) is 7.63. The Morgan fingerprint density at radius 1 is 1.34 bits per heavy atom. The number of aryl methyl sites for hydroxylation is 1. The van der Waals surface area contributed by atoms with Gasteiger partial charge in [-0.1, -0.05) is 5.16 Å². The Labute approximate surface area is 232 Å². The lowest BCUT2D eigenvalue weighted by atomic mass is 10.0. The Morgan fingerprint density at radius 2 is 2.00 bits per heavy atom. The number of hydrogen-bond acceptors (Lipinski definition) is 11. The fraction of sp³-hybridized carbons (Fsp3) is 0.545. The minimum atomic E-state index is -1.66. The van der Waals surface area contributed by atoms with Gasteiger partial charge in [-0.15, -0.1) is 22.9 Å². The molecule has 0 spiro atoms. The van der Waals surface area contributed by atoms with E-state index < -0.39 is 57.5 Å². The third-order valence-electron chi connectivity index (χ3n) is 5.36. The zero-order chi connectivity index (χ0) is 28.6. The molecule has 16 heteroatoms. The van der Waals surface area contributed by atoms with Gasteiger partial charge in [0.05, 0.1) is 10.9 Å². The summed E-state index contributed by atoms with van der Waals surface area (Å²) >= 11 is 5.50. The first-order valence-corrected chi connectivity index (χ1v) is 14.2. The molecular formula is C22H28BClN4O8S2. The number of amides is 2. The minimum absolute atomic E-state index is 0.0613. The predicted molar refractivity (Wildman–Crippen MR) is 142 cm³/mol. The quantitative estimate of drug-likeness (QED) is 0.0859. The highest BCUT2D eigenvalue weighted by Crippen LogP contribution is 2.37. The van der Waals surface area contributed by atoms with Crippen molar-refractivity contribution in [3.05, 3.63) is 27.4 Å². The number of hydrogen-bond donors (Lipinski definition) is 1. The van der Waals surface area contributed by atoms with Gasteiger partial charge < -0.3 is 24.1 Å². The monoisotopic (exact) mass is 586 g/mol. The number of nitrogens with one attached hydrogen (secondary N) is 1. The Hall–Kier alpha value is -2.62. The van der Waals surface area contributed by atoms with Gasteiger partial charge in [-0.2, -0.15) is 0 Å². The van der Waals surface area contributed by atoms with Crippen molar-refractivity contribution in [3.63, 3.8) is 0 Å². The molecule has 1 aromatic heterocycles. The van der Waals surface area contributed by atoms with E-state index in [2.05, 4.69) is 15.5 Å². The fourth-order valence-corrected chi connectivity index (χ4v) is 6.14. The summed E-state index contributed by atoms with van der Waals surface area (Å²) in [5.74, 6) is -3.19. The van der Waals surface area contributed by atoms with Crippen LogP contribution in [0.2, 0.25) is 0 Å². The van der Waals surface area contributed by atoms with E-state index in [0.717, 1.165) is 12.9 Å². The summed E-state index contributed by atoms with van der Waals surface area (Å²) < 4.78 is 23.0. The summed E-state index contributed by atoms with van der Waals surface area (Å²) in [5.41, 5.74) is -2.25. The van der Waals surface area contributed by atoms with Crippen LogP contribution in [-0.4, -0.2) is 86.2 Å². The number of nitrogens with zero attached hydrogens (tertiary/aromatic N) is 3. The average molecular weight is 587 g/mol. The Morgan fingerprint density at radius 3 is 2.53 bits per heavy atom. The molecule has 0 radical (unpaired) electrons. The van der Waals surface area contributed by atoms with E-state index in [1.54, 1.807) is 33.1 Å². The summed E-state index contributed by atoms with van der Waals surface area (Å²) in [6.07, 6.45) is 0. The van der Waals surface area contributed by atoms with Crippen molar-refractivity contribution >= 4 is 71.6 Å². The molecule has 38 heavy (non-hydrogen) atoms. The molecule has 3 atom stereocenters. The molecule has 2 aliphatic heterocycles. The standard InChI is InChI=1S/C22H28BClN4O8S2/c1-10-25-12(8-37-10)13(27-36-22(5,6)20(32)34-21(2,3)4)16(29)26-14-17(30)28-15(19(31)35-23)11(7-24)9-38(33)18(14)28/h8,14,18H,7,9,23H2,1-6H3,(H,26,29)/b27-13-/t14-,18-,38?/m1/s1. The third-order valence-corrected chi connectivity index (χ3v) is 8.11. The van der Waals surface area contributed by atoms with Gasteiger partial charge in [0, 0.05) is 11.0 Å². The topological polar surface area (TPSA) is 160 Å². The van der Waals surface area contributed by atoms with Crippen LogP contribution in [0.3, 0.4) is 0 Å². The SMILES string of the molecule is BOC(=O)C1=C(CCl)C[S+]([O-])[C@@H]2[C@H](NC(=O)/C(=N\OC(C)(C)C(=O)OC(C)(C)C)c3csc(C)n3)C(=O)N12. The number of fused-ring (bicyclic) bond motifs is 1. The molecule has 2 aliphatic rings. The van der Waals surface area contributed by atoms with Crippen molar-refractivity contribution in [2.75, 3.05) is 11.6 Å². The third kappa shape index (κ3) is 6.16. The molecule has 2 amide bonds. The van der Waals surface area contributed by atoms with Crippen molar-refractivity contribution in [1.29, 1.82) is 0 Å². The fourth-order valence-electron chi connectivity index (χ4n) is 3.53. The molecule has 0 saturated carbocycles. The highest BCUT2D eigenvalue weighted by Gasteiger charge is 2.61. The zero-order valence-corrected chi connectivity index (χ0v) is 24.3. The van der Waals surface area contributed by atoms with Crippen LogP contribution in [0.5, 0.6) is 0 Å². The van der Waals surface area contributed by atoms with Gasteiger partial charge in [0.15, 0.2) is 11.8 Å². The van der Waals surface area contributed by atoms with Crippen molar-refractivity contribution in [2.45, 2.75) is 64.2 Å². The summed E-state index contributed by atoms with van der Waals surface area (Å²) in [6.45, 7) is 9.69. The first-order valence-electron chi connectivity index (χ1n) is 11.4. The largest absolute Gasteiger partial charge is 0.614 e. The first kappa shape index (κ1) is 29.9. The number of esters is 1. The van der Waals surface area contributed by atoms with Crippen LogP contribution in [0.15, 0.2) is 21.8 Å². The number of carbonyl (C=O) groups excluding carboxylic acids is 4. The second kappa shape index (κ2) is 11.2. The number of β-lactam (4-membered cyclic amide) rings is 1. The van der Waals surface area contributed by atoms with E-state index in [1.807, 2.05) is 0 Å². The Bertz CT molecular complexity index is 1210. The highest BCUT2D eigenvalue weighted by molar-refractivity contribution is 7.92. The molecule has 206 valence electrons. The summed E-state index contributed by atoms with van der Waals surface area (Å²) in [6, 6.07) is -1.22. The molecule has 0 aliphatic carbocycles. The lowest BCUT2D eigenvalue weighted by Crippen LogP contribution is -2.75.